The second-order valence-electron chi connectivity index (χ2n) is 5.68. The van der Waals surface area contributed by atoms with Crippen molar-refractivity contribution in [2.75, 3.05) is 28.3 Å². The van der Waals surface area contributed by atoms with Crippen molar-refractivity contribution in [1.29, 1.82) is 0 Å². The van der Waals surface area contributed by atoms with E-state index < -0.39 is 17.3 Å². The van der Waals surface area contributed by atoms with Gasteiger partial charge in [0.15, 0.2) is 0 Å². The zero-order valence-electron chi connectivity index (χ0n) is 12.5. The molecule has 5 heteroatoms. The van der Waals surface area contributed by atoms with E-state index in [1.165, 1.54) is 14.2 Å². The number of rotatable bonds is 3. The van der Waals surface area contributed by atoms with Crippen LogP contribution in [0.4, 0.5) is 0 Å². The summed E-state index contributed by atoms with van der Waals surface area (Å²) < 4.78 is 9.76. The van der Waals surface area contributed by atoms with Crippen molar-refractivity contribution in [3.05, 3.63) is 12.2 Å². The highest BCUT2D eigenvalue weighted by atomic mass is 16.5. The molecule has 0 aromatic carbocycles. The summed E-state index contributed by atoms with van der Waals surface area (Å²) in [6.45, 7) is 3.85. The highest BCUT2D eigenvalue weighted by Gasteiger charge is 2.50. The van der Waals surface area contributed by atoms with Gasteiger partial charge in [-0.3, -0.25) is 9.59 Å². The van der Waals surface area contributed by atoms with Crippen LogP contribution in [0.25, 0.3) is 0 Å². The molecule has 108 valence electrons. The van der Waals surface area contributed by atoms with Crippen molar-refractivity contribution in [2.45, 2.75) is 19.9 Å². The van der Waals surface area contributed by atoms with Gasteiger partial charge in [0.1, 0.15) is 0 Å². The number of nitrogens with zero attached hydrogens (tertiary/aromatic N) is 1. The minimum absolute atomic E-state index is 0.176. The van der Waals surface area contributed by atoms with Crippen LogP contribution in [-0.4, -0.2) is 51.2 Å². The van der Waals surface area contributed by atoms with E-state index in [4.69, 9.17) is 9.47 Å². The third-order valence-electron chi connectivity index (χ3n) is 3.78. The first-order valence-corrected chi connectivity index (χ1v) is 6.27. The van der Waals surface area contributed by atoms with Crippen molar-refractivity contribution in [1.82, 2.24) is 4.90 Å². The number of ether oxygens (including phenoxy) is 2. The number of hydrogen-bond acceptors (Lipinski definition) is 5. The monoisotopic (exact) mass is 269 g/mol. The number of hydrogen-bond donors (Lipinski definition) is 0. The first-order chi connectivity index (χ1) is 8.76. The second-order valence-corrected chi connectivity index (χ2v) is 5.68. The molecule has 0 N–H and O–H groups in total. The summed E-state index contributed by atoms with van der Waals surface area (Å²) in [6.07, 6.45) is 3.93. The van der Waals surface area contributed by atoms with Gasteiger partial charge in [-0.05, 0) is 19.5 Å². The average Bonchev–Trinajstić information content (AvgIpc) is 2.35. The van der Waals surface area contributed by atoms with E-state index in [0.29, 0.717) is 0 Å². The summed E-state index contributed by atoms with van der Waals surface area (Å²) in [4.78, 5) is 26.1. The van der Waals surface area contributed by atoms with Gasteiger partial charge >= 0.3 is 11.9 Å². The molecular weight excluding hydrogens is 246 g/mol. The Hall–Kier alpha value is -1.36. The Labute approximate surface area is 114 Å². The molecule has 0 unspecified atom stereocenters. The smallest absolute Gasteiger partial charge is 0.311 e. The van der Waals surface area contributed by atoms with Crippen molar-refractivity contribution < 1.29 is 19.1 Å². The molecule has 0 heterocycles. The van der Waals surface area contributed by atoms with Gasteiger partial charge in [0.2, 0.25) is 0 Å². The van der Waals surface area contributed by atoms with E-state index >= 15 is 0 Å². The predicted molar refractivity (Wildman–Crippen MR) is 71.4 cm³/mol. The summed E-state index contributed by atoms with van der Waals surface area (Å²) in [5.74, 6) is -1.88. The van der Waals surface area contributed by atoms with Crippen LogP contribution in [0.1, 0.15) is 13.8 Å². The number of carbonyl (C=O) groups excluding carboxylic acids is 2. The number of allylic oxidation sites excluding steroid dienone is 1. The van der Waals surface area contributed by atoms with E-state index in [0.717, 1.165) is 0 Å². The second kappa shape index (κ2) is 5.74. The Morgan fingerprint density at radius 3 is 2.05 bits per heavy atom. The first-order valence-electron chi connectivity index (χ1n) is 6.27. The van der Waals surface area contributed by atoms with Gasteiger partial charge in [-0.25, -0.2) is 0 Å². The first kappa shape index (κ1) is 15.7. The lowest BCUT2D eigenvalue weighted by molar-refractivity contribution is -0.164. The van der Waals surface area contributed by atoms with Gasteiger partial charge in [0, 0.05) is 6.04 Å². The van der Waals surface area contributed by atoms with Crippen LogP contribution < -0.4 is 0 Å². The fourth-order valence-corrected chi connectivity index (χ4v) is 2.71. The van der Waals surface area contributed by atoms with Crippen LogP contribution in [0.2, 0.25) is 0 Å². The van der Waals surface area contributed by atoms with Crippen LogP contribution in [0, 0.1) is 17.3 Å². The van der Waals surface area contributed by atoms with Crippen molar-refractivity contribution in [3.8, 4) is 0 Å². The highest BCUT2D eigenvalue weighted by molar-refractivity contribution is 5.84. The molecular formula is C14H23NO4. The zero-order chi connectivity index (χ0) is 14.8. The molecule has 0 fully saturated rings. The van der Waals surface area contributed by atoms with E-state index in [1.54, 1.807) is 0 Å². The minimum Gasteiger partial charge on any atom is -0.469 e. The summed E-state index contributed by atoms with van der Waals surface area (Å²) in [7, 11) is 6.43. The normalized spacial score (nSPS) is 29.1. The lowest BCUT2D eigenvalue weighted by atomic mass is 9.65. The van der Waals surface area contributed by atoms with Gasteiger partial charge in [-0.2, -0.15) is 0 Å². The van der Waals surface area contributed by atoms with Crippen LogP contribution in [0.3, 0.4) is 0 Å². The molecule has 0 spiro atoms. The summed E-state index contributed by atoms with van der Waals surface area (Å²) in [6, 6.07) is -0.176. The van der Waals surface area contributed by atoms with Gasteiger partial charge in [-0.15, -0.1) is 0 Å². The van der Waals surface area contributed by atoms with E-state index in [9.17, 15) is 9.59 Å². The maximum Gasteiger partial charge on any atom is 0.311 e. The molecule has 5 nitrogen and oxygen atoms in total. The SMILES string of the molecule is COC(=O)[C@H]1[C@H](N(C)C)C=CC(C)(C)[C@@H]1C(=O)OC. The van der Waals surface area contributed by atoms with Crippen LogP contribution in [0.15, 0.2) is 12.2 Å². The molecule has 0 saturated carbocycles. The molecule has 0 radical (unpaired) electrons. The van der Waals surface area contributed by atoms with Gasteiger partial charge in [-0.1, -0.05) is 26.0 Å². The molecule has 0 bridgehead atoms. The molecule has 19 heavy (non-hydrogen) atoms. The molecule has 1 aliphatic rings. The molecule has 0 aromatic heterocycles. The minimum atomic E-state index is -0.563. The Kier molecular flexibility index (Phi) is 4.74. The van der Waals surface area contributed by atoms with Gasteiger partial charge in [0.25, 0.3) is 0 Å². The zero-order valence-corrected chi connectivity index (χ0v) is 12.5. The number of methoxy groups -OCH3 is 2. The van der Waals surface area contributed by atoms with E-state index in [-0.39, 0.29) is 18.0 Å². The van der Waals surface area contributed by atoms with Crippen LogP contribution in [0.5, 0.6) is 0 Å². The quantitative estimate of drug-likeness (QED) is 0.567. The molecule has 1 rings (SSSR count). The molecule has 0 aliphatic heterocycles. The summed E-state index contributed by atoms with van der Waals surface area (Å²) in [5, 5.41) is 0. The third kappa shape index (κ3) is 2.97. The number of esters is 2. The maximum absolute atomic E-state index is 12.1. The molecule has 3 atom stereocenters. The maximum atomic E-state index is 12.1. The topological polar surface area (TPSA) is 55.8 Å². The standard InChI is InChI=1S/C14H23NO4/c1-14(2)8-7-9(15(3)4)10(12(16)18-5)11(14)13(17)19-6/h7-11H,1-6H3/t9-,10+,11+/m1/s1. The lowest BCUT2D eigenvalue weighted by Crippen LogP contribution is -2.52. The summed E-state index contributed by atoms with van der Waals surface area (Å²) in [5.41, 5.74) is -0.446. The van der Waals surface area contributed by atoms with Crippen LogP contribution in [-0.2, 0) is 19.1 Å². The Bertz CT molecular complexity index is 387. The Morgan fingerprint density at radius 1 is 1.11 bits per heavy atom. The van der Waals surface area contributed by atoms with Gasteiger partial charge < -0.3 is 14.4 Å². The molecule has 0 amide bonds. The fourth-order valence-electron chi connectivity index (χ4n) is 2.71. The van der Waals surface area contributed by atoms with Crippen molar-refractivity contribution in [2.24, 2.45) is 17.3 Å². The van der Waals surface area contributed by atoms with Gasteiger partial charge in [0.05, 0.1) is 26.1 Å². The highest BCUT2D eigenvalue weighted by Crippen LogP contribution is 2.42. The molecule has 0 aromatic rings. The predicted octanol–water partition coefficient (Wildman–Crippen LogP) is 1.09. The van der Waals surface area contributed by atoms with Crippen LogP contribution >= 0.6 is 0 Å². The Balaban J connectivity index is 3.29. The number of likely N-dealkylation sites (N-methyl/N-ethyl adjacent to an activating group) is 1. The van der Waals surface area contributed by atoms with Crippen molar-refractivity contribution in [3.63, 3.8) is 0 Å². The molecule has 0 saturated heterocycles. The lowest BCUT2D eigenvalue weighted by Gasteiger charge is -2.42. The van der Waals surface area contributed by atoms with Crippen molar-refractivity contribution >= 4 is 11.9 Å². The average molecular weight is 269 g/mol. The fraction of sp³-hybridized carbons (Fsp3) is 0.714. The van der Waals surface area contributed by atoms with E-state index in [1.807, 2.05) is 45.0 Å². The third-order valence-corrected chi connectivity index (χ3v) is 3.78. The van der Waals surface area contributed by atoms with E-state index in [2.05, 4.69) is 0 Å². The summed E-state index contributed by atoms with van der Waals surface area (Å²) >= 11 is 0. The molecule has 1 aliphatic carbocycles. The largest absolute Gasteiger partial charge is 0.469 e. The Morgan fingerprint density at radius 2 is 1.63 bits per heavy atom. The number of carbonyl (C=O) groups is 2.